The van der Waals surface area contributed by atoms with Crippen LogP contribution in [0.25, 0.3) is 0 Å². The second kappa shape index (κ2) is 4.01. The molecule has 76 valence electrons. The van der Waals surface area contributed by atoms with E-state index in [0.717, 1.165) is 10.9 Å². The topological polar surface area (TPSA) is 18.5 Å². The minimum atomic E-state index is -0.168. The lowest BCUT2D eigenvalue weighted by Crippen LogP contribution is -2.32. The first kappa shape index (κ1) is 10.1. The standard InChI is InChI=1S/C11H13BrO2/c1-7-3-4-10(9(5-7)6-12)11-13-8(2)14-11/h3-5,8,11H,6H2,1-2H3. The Labute approximate surface area is 92.3 Å². The van der Waals surface area contributed by atoms with Crippen LogP contribution in [0, 0.1) is 6.92 Å². The van der Waals surface area contributed by atoms with Crippen molar-refractivity contribution in [1.82, 2.24) is 0 Å². The van der Waals surface area contributed by atoms with Gasteiger partial charge in [-0.2, -0.15) is 0 Å². The maximum atomic E-state index is 5.46. The molecule has 0 amide bonds. The number of ether oxygens (including phenoxy) is 2. The van der Waals surface area contributed by atoms with Crippen LogP contribution in [0.3, 0.4) is 0 Å². The first-order chi connectivity index (χ1) is 6.70. The molecular weight excluding hydrogens is 244 g/mol. The van der Waals surface area contributed by atoms with Gasteiger partial charge in [0.25, 0.3) is 0 Å². The molecule has 0 aliphatic carbocycles. The fraction of sp³-hybridized carbons (Fsp3) is 0.455. The van der Waals surface area contributed by atoms with Gasteiger partial charge in [0.05, 0.1) is 0 Å². The predicted octanol–water partition coefficient (Wildman–Crippen LogP) is 3.28. The van der Waals surface area contributed by atoms with Gasteiger partial charge in [0.15, 0.2) is 12.6 Å². The highest BCUT2D eigenvalue weighted by Crippen LogP contribution is 2.34. The Hall–Kier alpha value is -0.380. The molecule has 0 N–H and O–H groups in total. The number of hydrogen-bond acceptors (Lipinski definition) is 2. The van der Waals surface area contributed by atoms with Gasteiger partial charge in [-0.1, -0.05) is 39.7 Å². The van der Waals surface area contributed by atoms with Crippen LogP contribution in [-0.4, -0.2) is 6.29 Å². The Balaban J connectivity index is 2.24. The number of hydrogen-bond donors (Lipinski definition) is 0. The third kappa shape index (κ3) is 1.85. The van der Waals surface area contributed by atoms with Crippen LogP contribution in [0.1, 0.15) is 29.9 Å². The minimum Gasteiger partial charge on any atom is -0.320 e. The summed E-state index contributed by atoms with van der Waals surface area (Å²) in [5, 5.41) is 0.835. The third-order valence-corrected chi connectivity index (χ3v) is 2.93. The van der Waals surface area contributed by atoms with Crippen molar-refractivity contribution in [3.63, 3.8) is 0 Å². The molecular formula is C11H13BrO2. The van der Waals surface area contributed by atoms with Gasteiger partial charge in [0.1, 0.15) is 0 Å². The van der Waals surface area contributed by atoms with Crippen LogP contribution in [-0.2, 0) is 14.8 Å². The predicted molar refractivity (Wildman–Crippen MR) is 58.2 cm³/mol. The lowest BCUT2D eigenvalue weighted by atomic mass is 10.0. The van der Waals surface area contributed by atoms with Crippen LogP contribution in [0.15, 0.2) is 18.2 Å². The molecule has 1 saturated heterocycles. The van der Waals surface area contributed by atoms with E-state index in [-0.39, 0.29) is 12.6 Å². The quantitative estimate of drug-likeness (QED) is 0.757. The number of alkyl halides is 1. The van der Waals surface area contributed by atoms with Crippen LogP contribution in [0.2, 0.25) is 0 Å². The number of rotatable bonds is 2. The van der Waals surface area contributed by atoms with Crippen molar-refractivity contribution < 1.29 is 9.47 Å². The van der Waals surface area contributed by atoms with Gasteiger partial charge < -0.3 is 9.47 Å². The summed E-state index contributed by atoms with van der Waals surface area (Å²) in [4.78, 5) is 0. The van der Waals surface area contributed by atoms with Gasteiger partial charge in [-0.05, 0) is 19.4 Å². The first-order valence-electron chi connectivity index (χ1n) is 4.67. The summed E-state index contributed by atoms with van der Waals surface area (Å²) >= 11 is 3.47. The normalized spacial score (nSPS) is 25.9. The summed E-state index contributed by atoms with van der Waals surface area (Å²) in [7, 11) is 0. The van der Waals surface area contributed by atoms with E-state index in [1.807, 2.05) is 6.92 Å². The van der Waals surface area contributed by atoms with Crippen molar-refractivity contribution in [2.45, 2.75) is 31.8 Å². The molecule has 1 aliphatic heterocycles. The Kier molecular flexibility index (Phi) is 2.91. The summed E-state index contributed by atoms with van der Waals surface area (Å²) in [6.07, 6.45) is -0.234. The van der Waals surface area contributed by atoms with Gasteiger partial charge in [0, 0.05) is 10.9 Å². The SMILES string of the molecule is Cc1ccc(C2OC(C)O2)c(CBr)c1. The summed E-state index contributed by atoms with van der Waals surface area (Å²) in [5.74, 6) is 0. The van der Waals surface area contributed by atoms with E-state index in [4.69, 9.17) is 9.47 Å². The molecule has 0 radical (unpaired) electrons. The molecule has 0 aromatic heterocycles. The van der Waals surface area contributed by atoms with E-state index < -0.39 is 0 Å². The average Bonchev–Trinajstić information content (AvgIpc) is 2.13. The van der Waals surface area contributed by atoms with Gasteiger partial charge in [-0.15, -0.1) is 0 Å². The maximum absolute atomic E-state index is 5.46. The van der Waals surface area contributed by atoms with Crippen molar-refractivity contribution in [3.05, 3.63) is 34.9 Å². The highest BCUT2D eigenvalue weighted by Gasteiger charge is 2.29. The monoisotopic (exact) mass is 256 g/mol. The molecule has 14 heavy (non-hydrogen) atoms. The second-order valence-corrected chi connectivity index (χ2v) is 4.07. The summed E-state index contributed by atoms with van der Waals surface area (Å²) < 4.78 is 10.9. The van der Waals surface area contributed by atoms with Crippen LogP contribution >= 0.6 is 15.9 Å². The van der Waals surface area contributed by atoms with E-state index in [9.17, 15) is 0 Å². The Morgan fingerprint density at radius 2 is 2.07 bits per heavy atom. The average molecular weight is 257 g/mol. The molecule has 0 unspecified atom stereocenters. The summed E-state index contributed by atoms with van der Waals surface area (Å²) in [6, 6.07) is 6.31. The molecule has 1 fully saturated rings. The zero-order valence-corrected chi connectivity index (χ0v) is 9.87. The molecule has 1 aliphatic rings. The Bertz CT molecular complexity index is 332. The summed E-state index contributed by atoms with van der Waals surface area (Å²) in [5.41, 5.74) is 3.63. The third-order valence-electron chi connectivity index (χ3n) is 2.33. The maximum Gasteiger partial charge on any atom is 0.190 e. The lowest BCUT2D eigenvalue weighted by molar-refractivity contribution is -0.382. The zero-order valence-electron chi connectivity index (χ0n) is 8.29. The molecule has 0 saturated carbocycles. The van der Waals surface area contributed by atoms with Gasteiger partial charge in [0.2, 0.25) is 0 Å². The fourth-order valence-electron chi connectivity index (χ4n) is 1.59. The van der Waals surface area contributed by atoms with E-state index in [1.165, 1.54) is 11.1 Å². The highest BCUT2D eigenvalue weighted by molar-refractivity contribution is 9.08. The van der Waals surface area contributed by atoms with Crippen LogP contribution < -0.4 is 0 Å². The van der Waals surface area contributed by atoms with E-state index >= 15 is 0 Å². The first-order valence-corrected chi connectivity index (χ1v) is 5.79. The van der Waals surface area contributed by atoms with E-state index in [1.54, 1.807) is 0 Å². The van der Waals surface area contributed by atoms with E-state index in [0.29, 0.717) is 0 Å². The van der Waals surface area contributed by atoms with Gasteiger partial charge in [-0.3, -0.25) is 0 Å². The fourth-order valence-corrected chi connectivity index (χ4v) is 2.07. The minimum absolute atomic E-state index is 0.0653. The molecule has 1 aromatic carbocycles. The largest absolute Gasteiger partial charge is 0.320 e. The van der Waals surface area contributed by atoms with Gasteiger partial charge >= 0.3 is 0 Å². The van der Waals surface area contributed by atoms with Crippen molar-refractivity contribution in [2.24, 2.45) is 0 Å². The molecule has 3 heteroatoms. The molecule has 1 aromatic rings. The molecule has 1 heterocycles. The number of aryl methyl sites for hydroxylation is 1. The van der Waals surface area contributed by atoms with Crippen molar-refractivity contribution in [3.8, 4) is 0 Å². The van der Waals surface area contributed by atoms with Crippen molar-refractivity contribution in [2.75, 3.05) is 0 Å². The Morgan fingerprint density at radius 3 is 2.64 bits per heavy atom. The van der Waals surface area contributed by atoms with Crippen LogP contribution in [0.5, 0.6) is 0 Å². The molecule has 0 spiro atoms. The molecule has 0 bridgehead atoms. The summed E-state index contributed by atoms with van der Waals surface area (Å²) in [6.45, 7) is 3.99. The smallest absolute Gasteiger partial charge is 0.190 e. The number of halogens is 1. The molecule has 0 atom stereocenters. The Morgan fingerprint density at radius 1 is 1.36 bits per heavy atom. The zero-order chi connectivity index (χ0) is 10.1. The van der Waals surface area contributed by atoms with Crippen molar-refractivity contribution >= 4 is 15.9 Å². The van der Waals surface area contributed by atoms with Gasteiger partial charge in [-0.25, -0.2) is 0 Å². The number of benzene rings is 1. The highest BCUT2D eigenvalue weighted by atomic mass is 79.9. The second-order valence-electron chi connectivity index (χ2n) is 3.51. The van der Waals surface area contributed by atoms with Crippen LogP contribution in [0.4, 0.5) is 0 Å². The molecule has 2 rings (SSSR count). The molecule has 2 nitrogen and oxygen atoms in total. The van der Waals surface area contributed by atoms with Crippen molar-refractivity contribution in [1.29, 1.82) is 0 Å². The lowest BCUT2D eigenvalue weighted by Gasteiger charge is -2.35. The van der Waals surface area contributed by atoms with E-state index in [2.05, 4.69) is 41.1 Å².